The van der Waals surface area contributed by atoms with E-state index in [9.17, 15) is 0 Å². The van der Waals surface area contributed by atoms with Gasteiger partial charge >= 0.3 is 0 Å². The third-order valence-electron chi connectivity index (χ3n) is 2.23. The van der Waals surface area contributed by atoms with Gasteiger partial charge in [0.1, 0.15) is 16.7 Å². The van der Waals surface area contributed by atoms with Crippen LogP contribution in [0, 0.1) is 6.92 Å². The molecule has 1 heterocycles. The Morgan fingerprint density at radius 2 is 2.12 bits per heavy atom. The van der Waals surface area contributed by atoms with Crippen LogP contribution in [0.2, 0.25) is 0 Å². The Bertz CT molecular complexity index is 357. The van der Waals surface area contributed by atoms with Crippen LogP contribution in [0.4, 0.5) is 5.82 Å². The van der Waals surface area contributed by atoms with E-state index in [1.54, 1.807) is 11.8 Å². The minimum Gasteiger partial charge on any atom is -0.395 e. The van der Waals surface area contributed by atoms with Crippen LogP contribution >= 0.6 is 11.8 Å². The summed E-state index contributed by atoms with van der Waals surface area (Å²) in [6.45, 7) is 6.10. The largest absolute Gasteiger partial charge is 0.395 e. The molecule has 1 aromatic rings. The van der Waals surface area contributed by atoms with Crippen LogP contribution in [-0.2, 0) is 6.42 Å². The zero-order valence-corrected chi connectivity index (χ0v) is 10.8. The van der Waals surface area contributed by atoms with Crippen molar-refractivity contribution in [3.8, 4) is 0 Å². The number of nitrogen functional groups attached to an aromatic ring is 1. The molecule has 1 aromatic heterocycles. The van der Waals surface area contributed by atoms with E-state index in [0.717, 1.165) is 29.3 Å². The second kappa shape index (κ2) is 6.06. The third kappa shape index (κ3) is 3.35. The first-order chi connectivity index (χ1) is 7.58. The van der Waals surface area contributed by atoms with E-state index < -0.39 is 0 Å². The summed E-state index contributed by atoms with van der Waals surface area (Å²) in [5, 5.41) is 10.0. The molecule has 16 heavy (non-hydrogen) atoms. The Balaban J connectivity index is 2.96. The summed E-state index contributed by atoms with van der Waals surface area (Å²) in [5.74, 6) is 1.34. The van der Waals surface area contributed by atoms with Gasteiger partial charge in [0.15, 0.2) is 0 Å². The van der Waals surface area contributed by atoms with Crippen LogP contribution in [0.1, 0.15) is 31.7 Å². The minimum atomic E-state index is 0.127. The summed E-state index contributed by atoms with van der Waals surface area (Å²) >= 11 is 1.54. The van der Waals surface area contributed by atoms with Gasteiger partial charge in [0.2, 0.25) is 0 Å². The minimum absolute atomic E-state index is 0.127. The fourth-order valence-electron chi connectivity index (χ4n) is 1.24. The summed E-state index contributed by atoms with van der Waals surface area (Å²) in [5.41, 5.74) is 6.75. The van der Waals surface area contributed by atoms with Gasteiger partial charge < -0.3 is 10.8 Å². The molecule has 4 nitrogen and oxygen atoms in total. The maximum absolute atomic E-state index is 9.03. The number of hydrogen-bond donors (Lipinski definition) is 2. The molecule has 1 unspecified atom stereocenters. The Morgan fingerprint density at radius 3 is 2.69 bits per heavy atom. The van der Waals surface area contributed by atoms with Crippen molar-refractivity contribution in [2.45, 2.75) is 43.9 Å². The molecule has 0 aliphatic heterocycles. The van der Waals surface area contributed by atoms with Crippen molar-refractivity contribution in [2.24, 2.45) is 0 Å². The lowest BCUT2D eigenvalue weighted by atomic mass is 10.3. The summed E-state index contributed by atoms with van der Waals surface area (Å²) in [6, 6.07) is 0. The maximum atomic E-state index is 9.03. The molecule has 0 saturated heterocycles. The zero-order valence-electron chi connectivity index (χ0n) is 10.0. The molecule has 0 aromatic carbocycles. The number of aryl methyl sites for hydroxylation is 1. The number of nitrogens with zero attached hydrogens (tertiary/aromatic N) is 2. The van der Waals surface area contributed by atoms with E-state index >= 15 is 0 Å². The van der Waals surface area contributed by atoms with Gasteiger partial charge in [0, 0.05) is 17.2 Å². The lowest BCUT2D eigenvalue weighted by Gasteiger charge is -2.12. The third-order valence-corrected chi connectivity index (χ3v) is 3.40. The van der Waals surface area contributed by atoms with E-state index in [0.29, 0.717) is 5.82 Å². The number of nitrogens with two attached hydrogens (primary N) is 1. The number of aliphatic hydroxyl groups is 1. The van der Waals surface area contributed by atoms with Gasteiger partial charge in [0.25, 0.3) is 0 Å². The first-order valence-electron chi connectivity index (χ1n) is 5.49. The van der Waals surface area contributed by atoms with Gasteiger partial charge in [0.05, 0.1) is 6.61 Å². The molecule has 3 N–H and O–H groups in total. The predicted octanol–water partition coefficient (Wildman–Crippen LogP) is 1.79. The second-order valence-corrected chi connectivity index (χ2v) is 5.24. The van der Waals surface area contributed by atoms with Crippen molar-refractivity contribution >= 4 is 17.6 Å². The highest BCUT2D eigenvalue weighted by Crippen LogP contribution is 2.27. The van der Waals surface area contributed by atoms with Crippen molar-refractivity contribution in [3.63, 3.8) is 0 Å². The summed E-state index contributed by atoms with van der Waals surface area (Å²) in [7, 11) is 0. The van der Waals surface area contributed by atoms with Crippen molar-refractivity contribution in [1.29, 1.82) is 0 Å². The first kappa shape index (κ1) is 13.3. The molecule has 1 atom stereocenters. The van der Waals surface area contributed by atoms with Crippen LogP contribution in [0.3, 0.4) is 0 Å². The van der Waals surface area contributed by atoms with E-state index in [1.165, 1.54) is 0 Å². The Morgan fingerprint density at radius 1 is 1.44 bits per heavy atom. The molecule has 5 heteroatoms. The molecular weight excluding hydrogens is 222 g/mol. The molecule has 90 valence electrons. The molecule has 0 bridgehead atoms. The fraction of sp³-hybridized carbons (Fsp3) is 0.636. The predicted molar refractivity (Wildman–Crippen MR) is 67.6 cm³/mol. The first-order valence-corrected chi connectivity index (χ1v) is 6.37. The molecule has 0 spiro atoms. The van der Waals surface area contributed by atoms with Crippen molar-refractivity contribution in [1.82, 2.24) is 9.97 Å². The van der Waals surface area contributed by atoms with Gasteiger partial charge in [-0.2, -0.15) is 0 Å². The monoisotopic (exact) mass is 241 g/mol. The number of rotatable bonds is 5. The number of anilines is 1. The molecule has 0 aliphatic rings. The molecule has 0 amide bonds. The summed E-state index contributed by atoms with van der Waals surface area (Å²) in [6.07, 6.45) is 1.84. The summed E-state index contributed by atoms with van der Waals surface area (Å²) < 4.78 is 0. The van der Waals surface area contributed by atoms with Gasteiger partial charge in [-0.3, -0.25) is 0 Å². The van der Waals surface area contributed by atoms with E-state index in [2.05, 4.69) is 16.9 Å². The Hall–Kier alpha value is -0.810. The van der Waals surface area contributed by atoms with E-state index in [-0.39, 0.29) is 11.9 Å². The van der Waals surface area contributed by atoms with Crippen LogP contribution in [0.15, 0.2) is 5.03 Å². The highest BCUT2D eigenvalue weighted by molar-refractivity contribution is 7.99. The van der Waals surface area contributed by atoms with Crippen LogP contribution in [0.5, 0.6) is 0 Å². The standard InChI is InChI=1S/C11H19N3OS/c1-4-5-9-13-10(12)8(3)11(14-9)16-7(2)6-15/h7,15H,4-6H2,1-3H3,(H2,12,13,14). The van der Waals surface area contributed by atoms with Gasteiger partial charge in [-0.15, -0.1) is 11.8 Å². The van der Waals surface area contributed by atoms with E-state index in [4.69, 9.17) is 10.8 Å². The van der Waals surface area contributed by atoms with Crippen LogP contribution in [-0.4, -0.2) is 26.9 Å². The molecule has 0 aliphatic carbocycles. The van der Waals surface area contributed by atoms with Crippen molar-refractivity contribution < 1.29 is 5.11 Å². The zero-order chi connectivity index (χ0) is 12.1. The van der Waals surface area contributed by atoms with Crippen LogP contribution < -0.4 is 5.73 Å². The number of thioether (sulfide) groups is 1. The molecule has 0 saturated carbocycles. The van der Waals surface area contributed by atoms with E-state index in [1.807, 2.05) is 13.8 Å². The lowest BCUT2D eigenvalue weighted by molar-refractivity contribution is 0.300. The average molecular weight is 241 g/mol. The van der Waals surface area contributed by atoms with Crippen LogP contribution in [0.25, 0.3) is 0 Å². The molecule has 0 radical (unpaired) electrons. The molecular formula is C11H19N3OS. The quantitative estimate of drug-likeness (QED) is 0.607. The maximum Gasteiger partial charge on any atom is 0.132 e. The topological polar surface area (TPSA) is 72.0 Å². The number of aromatic nitrogens is 2. The highest BCUT2D eigenvalue weighted by atomic mass is 32.2. The lowest BCUT2D eigenvalue weighted by Crippen LogP contribution is -2.08. The second-order valence-electron chi connectivity index (χ2n) is 3.82. The van der Waals surface area contributed by atoms with Crippen molar-refractivity contribution in [3.05, 3.63) is 11.4 Å². The number of hydrogen-bond acceptors (Lipinski definition) is 5. The Labute approximate surface area is 101 Å². The SMILES string of the molecule is CCCc1nc(N)c(C)c(SC(C)CO)n1. The normalized spacial score (nSPS) is 12.8. The van der Waals surface area contributed by atoms with Gasteiger partial charge in [-0.05, 0) is 13.3 Å². The molecule has 0 fully saturated rings. The molecule has 1 rings (SSSR count). The highest BCUT2D eigenvalue weighted by Gasteiger charge is 2.11. The average Bonchev–Trinajstić information content (AvgIpc) is 2.25. The fourth-order valence-corrected chi connectivity index (χ4v) is 2.13. The summed E-state index contributed by atoms with van der Waals surface area (Å²) in [4.78, 5) is 8.72. The Kier molecular flexibility index (Phi) is 5.02. The number of aliphatic hydroxyl groups excluding tert-OH is 1. The smallest absolute Gasteiger partial charge is 0.132 e. The van der Waals surface area contributed by atoms with Crippen molar-refractivity contribution in [2.75, 3.05) is 12.3 Å². The van der Waals surface area contributed by atoms with Gasteiger partial charge in [-0.25, -0.2) is 9.97 Å². The van der Waals surface area contributed by atoms with Gasteiger partial charge in [-0.1, -0.05) is 13.8 Å².